The molecule has 1 fully saturated rings. The molecule has 0 aromatic heterocycles. The number of guanidine groups is 1. The Balaban J connectivity index is 1.74. The Bertz CT molecular complexity index is 671. The summed E-state index contributed by atoms with van der Waals surface area (Å²) in [5, 5.41) is 5.82. The van der Waals surface area contributed by atoms with Gasteiger partial charge in [-0.15, -0.1) is 0 Å². The van der Waals surface area contributed by atoms with E-state index >= 15 is 0 Å². The predicted molar refractivity (Wildman–Crippen MR) is 101 cm³/mol. The molecule has 2 rings (SSSR count). The molecule has 28 heavy (non-hydrogen) atoms. The van der Waals surface area contributed by atoms with Crippen LogP contribution < -0.4 is 15.4 Å². The number of carbonyl (C=O) groups is 1. The number of halogens is 3. The van der Waals surface area contributed by atoms with Crippen molar-refractivity contribution in [2.75, 3.05) is 40.3 Å². The van der Waals surface area contributed by atoms with Gasteiger partial charge in [0, 0.05) is 33.6 Å². The van der Waals surface area contributed by atoms with Gasteiger partial charge in [-0.2, -0.15) is 13.2 Å². The van der Waals surface area contributed by atoms with Crippen LogP contribution in [-0.4, -0.2) is 57.1 Å². The average molecular weight is 400 g/mol. The van der Waals surface area contributed by atoms with Crippen molar-refractivity contribution in [3.63, 3.8) is 0 Å². The first-order chi connectivity index (χ1) is 13.3. The third-order valence-corrected chi connectivity index (χ3v) is 4.69. The number of nitrogens with zero attached hydrogens (tertiary/aromatic N) is 2. The Hall–Kier alpha value is -2.45. The van der Waals surface area contributed by atoms with Crippen molar-refractivity contribution in [1.29, 1.82) is 0 Å². The van der Waals surface area contributed by atoms with Crippen molar-refractivity contribution < 1.29 is 22.7 Å². The lowest BCUT2D eigenvalue weighted by molar-refractivity contribution is -0.137. The van der Waals surface area contributed by atoms with Gasteiger partial charge in [-0.1, -0.05) is 6.07 Å². The average Bonchev–Trinajstić information content (AvgIpc) is 2.68. The lowest BCUT2D eigenvalue weighted by Gasteiger charge is -2.34. The fourth-order valence-corrected chi connectivity index (χ4v) is 3.14. The van der Waals surface area contributed by atoms with Crippen LogP contribution in [0, 0.1) is 5.92 Å². The third kappa shape index (κ3) is 6.61. The molecule has 1 aromatic carbocycles. The summed E-state index contributed by atoms with van der Waals surface area (Å²) < 4.78 is 43.6. The molecule has 1 aliphatic rings. The van der Waals surface area contributed by atoms with E-state index in [0.717, 1.165) is 44.0 Å². The van der Waals surface area contributed by atoms with E-state index in [1.54, 1.807) is 14.1 Å². The standard InChI is InChI=1S/C19H27F3N4O2/c1-23-17(27)12-14-6-9-26(10-7-14)18(24-2)25-8-11-28-16-5-3-4-15(13-16)19(20,21)22/h3-5,13-14H,6-12H2,1-2H3,(H,23,27)(H,24,25). The Morgan fingerprint density at radius 3 is 2.64 bits per heavy atom. The summed E-state index contributed by atoms with van der Waals surface area (Å²) in [6.45, 7) is 2.24. The molecule has 0 saturated carbocycles. The Morgan fingerprint density at radius 2 is 2.04 bits per heavy atom. The number of hydrogen-bond donors (Lipinski definition) is 2. The van der Waals surface area contributed by atoms with Gasteiger partial charge in [0.2, 0.25) is 5.91 Å². The monoisotopic (exact) mass is 400 g/mol. The number of ether oxygens (including phenoxy) is 1. The quantitative estimate of drug-likeness (QED) is 0.438. The number of rotatable bonds is 6. The summed E-state index contributed by atoms with van der Waals surface area (Å²) in [5.74, 6) is 1.35. The van der Waals surface area contributed by atoms with Crippen molar-refractivity contribution in [3.05, 3.63) is 29.8 Å². The molecule has 0 atom stereocenters. The van der Waals surface area contributed by atoms with Gasteiger partial charge in [0.25, 0.3) is 0 Å². The number of carbonyl (C=O) groups excluding carboxylic acids is 1. The van der Waals surface area contributed by atoms with Gasteiger partial charge in [-0.05, 0) is 37.0 Å². The molecule has 156 valence electrons. The zero-order valence-corrected chi connectivity index (χ0v) is 16.2. The first kappa shape index (κ1) is 21.8. The van der Waals surface area contributed by atoms with Crippen LogP contribution in [0.3, 0.4) is 0 Å². The van der Waals surface area contributed by atoms with Gasteiger partial charge in [0.15, 0.2) is 5.96 Å². The normalized spacial score (nSPS) is 16.0. The molecule has 0 radical (unpaired) electrons. The second kappa shape index (κ2) is 10.2. The maximum atomic E-state index is 12.7. The van der Waals surface area contributed by atoms with Crippen LogP contribution in [0.1, 0.15) is 24.8 Å². The number of hydrogen-bond acceptors (Lipinski definition) is 3. The molecule has 1 aromatic rings. The predicted octanol–water partition coefficient (Wildman–Crippen LogP) is 2.51. The van der Waals surface area contributed by atoms with Crippen LogP contribution in [0.5, 0.6) is 5.75 Å². The number of piperidine rings is 1. The van der Waals surface area contributed by atoms with Crippen LogP contribution in [0.4, 0.5) is 13.2 Å². The second-order valence-electron chi connectivity index (χ2n) is 6.66. The molecule has 0 spiro atoms. The molecular formula is C19H27F3N4O2. The van der Waals surface area contributed by atoms with E-state index < -0.39 is 11.7 Å². The second-order valence-corrected chi connectivity index (χ2v) is 6.66. The van der Waals surface area contributed by atoms with Crippen molar-refractivity contribution in [3.8, 4) is 5.75 Å². The van der Waals surface area contributed by atoms with Crippen LogP contribution in [-0.2, 0) is 11.0 Å². The van der Waals surface area contributed by atoms with E-state index in [4.69, 9.17) is 4.74 Å². The zero-order chi connectivity index (χ0) is 20.6. The van der Waals surface area contributed by atoms with E-state index in [-0.39, 0.29) is 18.3 Å². The fourth-order valence-electron chi connectivity index (χ4n) is 3.14. The first-order valence-corrected chi connectivity index (χ1v) is 9.29. The zero-order valence-electron chi connectivity index (χ0n) is 16.2. The first-order valence-electron chi connectivity index (χ1n) is 9.29. The summed E-state index contributed by atoms with van der Waals surface area (Å²) in [6, 6.07) is 4.83. The maximum Gasteiger partial charge on any atom is 0.416 e. The van der Waals surface area contributed by atoms with Crippen molar-refractivity contribution in [2.24, 2.45) is 10.9 Å². The van der Waals surface area contributed by atoms with Gasteiger partial charge in [-0.25, -0.2) is 0 Å². The fraction of sp³-hybridized carbons (Fsp3) is 0.579. The number of benzene rings is 1. The molecule has 0 unspecified atom stereocenters. The topological polar surface area (TPSA) is 66.0 Å². The van der Waals surface area contributed by atoms with E-state index in [0.29, 0.717) is 18.9 Å². The summed E-state index contributed by atoms with van der Waals surface area (Å²) in [5.41, 5.74) is -0.728. The van der Waals surface area contributed by atoms with Gasteiger partial charge in [0.1, 0.15) is 12.4 Å². The smallest absolute Gasteiger partial charge is 0.416 e. The highest BCUT2D eigenvalue weighted by Crippen LogP contribution is 2.31. The molecule has 2 N–H and O–H groups in total. The Morgan fingerprint density at radius 1 is 1.32 bits per heavy atom. The minimum absolute atomic E-state index is 0.0627. The molecule has 9 heteroatoms. The van der Waals surface area contributed by atoms with Crippen molar-refractivity contribution in [1.82, 2.24) is 15.5 Å². The Kier molecular flexibility index (Phi) is 7.95. The van der Waals surface area contributed by atoms with E-state index in [1.165, 1.54) is 12.1 Å². The largest absolute Gasteiger partial charge is 0.492 e. The molecular weight excluding hydrogens is 373 g/mol. The molecule has 1 aliphatic heterocycles. The number of nitrogens with one attached hydrogen (secondary N) is 2. The number of alkyl halides is 3. The molecule has 0 aliphatic carbocycles. The number of likely N-dealkylation sites (tertiary alicyclic amines) is 1. The lowest BCUT2D eigenvalue weighted by Crippen LogP contribution is -2.46. The number of aliphatic imine (C=N–C) groups is 1. The molecule has 1 amide bonds. The molecule has 1 heterocycles. The van der Waals surface area contributed by atoms with Crippen molar-refractivity contribution >= 4 is 11.9 Å². The van der Waals surface area contributed by atoms with Gasteiger partial charge >= 0.3 is 6.18 Å². The summed E-state index contributed by atoms with van der Waals surface area (Å²) in [7, 11) is 3.33. The highest BCUT2D eigenvalue weighted by Gasteiger charge is 2.30. The summed E-state index contributed by atoms with van der Waals surface area (Å²) in [4.78, 5) is 17.9. The highest BCUT2D eigenvalue weighted by atomic mass is 19.4. The van der Waals surface area contributed by atoms with Crippen LogP contribution in [0.2, 0.25) is 0 Å². The van der Waals surface area contributed by atoms with Gasteiger partial charge in [0.05, 0.1) is 12.1 Å². The van der Waals surface area contributed by atoms with Crippen LogP contribution in [0.15, 0.2) is 29.3 Å². The number of amides is 1. The van der Waals surface area contributed by atoms with Crippen LogP contribution >= 0.6 is 0 Å². The minimum atomic E-state index is -4.39. The SMILES string of the molecule is CN=C(NCCOc1cccc(C(F)(F)F)c1)N1CCC(CC(=O)NC)CC1. The Labute approximate surface area is 163 Å². The van der Waals surface area contributed by atoms with E-state index in [2.05, 4.69) is 20.5 Å². The summed E-state index contributed by atoms with van der Waals surface area (Å²) in [6.07, 6.45) is -2.02. The van der Waals surface area contributed by atoms with Gasteiger partial charge in [-0.3, -0.25) is 9.79 Å². The lowest BCUT2D eigenvalue weighted by atomic mass is 9.93. The maximum absolute atomic E-state index is 12.7. The molecule has 6 nitrogen and oxygen atoms in total. The van der Waals surface area contributed by atoms with E-state index in [9.17, 15) is 18.0 Å². The minimum Gasteiger partial charge on any atom is -0.492 e. The molecule has 0 bridgehead atoms. The van der Waals surface area contributed by atoms with Crippen molar-refractivity contribution in [2.45, 2.75) is 25.4 Å². The highest BCUT2D eigenvalue weighted by molar-refractivity contribution is 5.80. The van der Waals surface area contributed by atoms with Crippen LogP contribution in [0.25, 0.3) is 0 Å². The third-order valence-electron chi connectivity index (χ3n) is 4.69. The van der Waals surface area contributed by atoms with Gasteiger partial charge < -0.3 is 20.3 Å². The molecule has 1 saturated heterocycles. The summed E-state index contributed by atoms with van der Waals surface area (Å²) >= 11 is 0. The van der Waals surface area contributed by atoms with E-state index in [1.807, 2.05) is 0 Å².